The van der Waals surface area contributed by atoms with Gasteiger partial charge >= 0.3 is 0 Å². The van der Waals surface area contributed by atoms with Crippen molar-refractivity contribution < 1.29 is 18.9 Å². The van der Waals surface area contributed by atoms with E-state index in [0.29, 0.717) is 26.4 Å². The largest absolute Gasteiger partial charge is 0.348 e. The molecular weight excluding hydrogens is 352 g/mol. The van der Waals surface area contributed by atoms with Gasteiger partial charge in [-0.1, -0.05) is 76.2 Å². The SMILES string of the molecule is CC1(C)COC(c2ccc(-c3ccc(C4OCC(C)(C)CO4)cc3)cc2)OC1. The van der Waals surface area contributed by atoms with Gasteiger partial charge in [0.2, 0.25) is 0 Å². The van der Waals surface area contributed by atoms with E-state index in [1.807, 2.05) is 0 Å². The fourth-order valence-corrected chi connectivity index (χ4v) is 3.43. The molecule has 0 atom stereocenters. The summed E-state index contributed by atoms with van der Waals surface area (Å²) in [6.45, 7) is 11.5. The summed E-state index contributed by atoms with van der Waals surface area (Å²) < 4.78 is 23.5. The Morgan fingerprint density at radius 2 is 0.821 bits per heavy atom. The highest BCUT2D eigenvalue weighted by Gasteiger charge is 2.30. The van der Waals surface area contributed by atoms with Crippen LogP contribution in [-0.2, 0) is 18.9 Å². The molecule has 0 radical (unpaired) electrons. The lowest BCUT2D eigenvalue weighted by Crippen LogP contribution is -2.33. The van der Waals surface area contributed by atoms with E-state index in [9.17, 15) is 0 Å². The van der Waals surface area contributed by atoms with Crippen LogP contribution in [-0.4, -0.2) is 26.4 Å². The molecule has 0 N–H and O–H groups in total. The van der Waals surface area contributed by atoms with Gasteiger partial charge in [-0.25, -0.2) is 0 Å². The first-order chi connectivity index (χ1) is 13.3. The molecule has 0 aliphatic carbocycles. The quantitative estimate of drug-likeness (QED) is 0.703. The van der Waals surface area contributed by atoms with E-state index < -0.39 is 0 Å². The highest BCUT2D eigenvalue weighted by Crippen LogP contribution is 2.34. The first kappa shape index (κ1) is 19.6. The molecule has 4 heteroatoms. The Hall–Kier alpha value is -1.72. The lowest BCUT2D eigenvalue weighted by molar-refractivity contribution is -0.226. The zero-order chi connectivity index (χ0) is 19.8. The zero-order valence-electron chi connectivity index (χ0n) is 17.2. The number of ether oxygens (including phenoxy) is 4. The molecule has 28 heavy (non-hydrogen) atoms. The van der Waals surface area contributed by atoms with Crippen molar-refractivity contribution in [1.82, 2.24) is 0 Å². The molecule has 2 aromatic carbocycles. The van der Waals surface area contributed by atoms with Gasteiger partial charge in [-0.15, -0.1) is 0 Å². The number of benzene rings is 2. The number of hydrogen-bond donors (Lipinski definition) is 0. The van der Waals surface area contributed by atoms with E-state index >= 15 is 0 Å². The summed E-state index contributed by atoms with van der Waals surface area (Å²) in [6.07, 6.45) is -0.538. The van der Waals surface area contributed by atoms with Crippen LogP contribution >= 0.6 is 0 Å². The fraction of sp³-hybridized carbons (Fsp3) is 0.500. The second kappa shape index (κ2) is 7.60. The van der Waals surface area contributed by atoms with Gasteiger partial charge in [-0.2, -0.15) is 0 Å². The third-order valence-electron chi connectivity index (χ3n) is 5.20. The Morgan fingerprint density at radius 1 is 0.536 bits per heavy atom. The second-order valence-electron chi connectivity index (χ2n) is 9.48. The van der Waals surface area contributed by atoms with Gasteiger partial charge in [-0.05, 0) is 11.1 Å². The van der Waals surface area contributed by atoms with Crippen LogP contribution in [0.4, 0.5) is 0 Å². The highest BCUT2D eigenvalue weighted by molar-refractivity contribution is 5.64. The minimum absolute atomic E-state index is 0.0830. The molecule has 0 unspecified atom stereocenters. The molecule has 4 rings (SSSR count). The van der Waals surface area contributed by atoms with Crippen molar-refractivity contribution in [3.05, 3.63) is 59.7 Å². The van der Waals surface area contributed by atoms with E-state index in [1.165, 1.54) is 0 Å². The van der Waals surface area contributed by atoms with Crippen LogP contribution in [0.5, 0.6) is 0 Å². The van der Waals surface area contributed by atoms with Crippen LogP contribution in [0.1, 0.15) is 51.4 Å². The first-order valence-electron chi connectivity index (χ1n) is 9.98. The summed E-state index contributed by atoms with van der Waals surface area (Å²) in [4.78, 5) is 0. The van der Waals surface area contributed by atoms with Crippen LogP contribution in [0.15, 0.2) is 48.5 Å². The smallest absolute Gasteiger partial charge is 0.183 e. The molecule has 2 aliphatic rings. The van der Waals surface area contributed by atoms with E-state index in [2.05, 4.69) is 76.2 Å². The van der Waals surface area contributed by atoms with Crippen molar-refractivity contribution in [2.75, 3.05) is 26.4 Å². The summed E-state index contributed by atoms with van der Waals surface area (Å²) in [7, 11) is 0. The molecule has 0 aromatic heterocycles. The third kappa shape index (κ3) is 4.47. The van der Waals surface area contributed by atoms with Crippen molar-refractivity contribution in [3.63, 3.8) is 0 Å². The number of hydrogen-bond acceptors (Lipinski definition) is 4. The Morgan fingerprint density at radius 3 is 1.11 bits per heavy atom. The van der Waals surface area contributed by atoms with E-state index in [-0.39, 0.29) is 23.4 Å². The topological polar surface area (TPSA) is 36.9 Å². The monoisotopic (exact) mass is 382 g/mol. The van der Waals surface area contributed by atoms with Gasteiger partial charge in [0.25, 0.3) is 0 Å². The van der Waals surface area contributed by atoms with Crippen molar-refractivity contribution in [2.24, 2.45) is 10.8 Å². The molecule has 0 spiro atoms. The predicted molar refractivity (Wildman–Crippen MR) is 109 cm³/mol. The van der Waals surface area contributed by atoms with Crippen LogP contribution in [0.3, 0.4) is 0 Å². The molecule has 2 aliphatic heterocycles. The minimum atomic E-state index is -0.269. The maximum Gasteiger partial charge on any atom is 0.183 e. The molecule has 150 valence electrons. The molecular formula is C24H30O4. The summed E-state index contributed by atoms with van der Waals surface area (Å²) in [5.41, 5.74) is 4.61. The highest BCUT2D eigenvalue weighted by atomic mass is 16.7. The average Bonchev–Trinajstić information content (AvgIpc) is 2.68. The Kier molecular flexibility index (Phi) is 5.32. The first-order valence-corrected chi connectivity index (χ1v) is 9.98. The Bertz CT molecular complexity index is 703. The lowest BCUT2D eigenvalue weighted by atomic mass is 9.95. The molecule has 0 saturated carbocycles. The maximum atomic E-state index is 5.87. The van der Waals surface area contributed by atoms with Crippen LogP contribution < -0.4 is 0 Å². The van der Waals surface area contributed by atoms with Crippen LogP contribution in [0.2, 0.25) is 0 Å². The predicted octanol–water partition coefficient (Wildman–Crippen LogP) is 5.50. The van der Waals surface area contributed by atoms with Gasteiger partial charge in [0.05, 0.1) is 26.4 Å². The minimum Gasteiger partial charge on any atom is -0.348 e. The third-order valence-corrected chi connectivity index (χ3v) is 5.20. The molecule has 2 aromatic rings. The second-order valence-corrected chi connectivity index (χ2v) is 9.48. The normalized spacial score (nSPS) is 22.9. The van der Waals surface area contributed by atoms with Crippen LogP contribution in [0.25, 0.3) is 11.1 Å². The average molecular weight is 383 g/mol. The molecule has 0 bridgehead atoms. The Labute approximate surface area is 167 Å². The summed E-state index contributed by atoms with van der Waals surface area (Å²) in [5.74, 6) is 0. The van der Waals surface area contributed by atoms with Gasteiger partial charge in [0.1, 0.15) is 0 Å². The van der Waals surface area contributed by atoms with Crippen molar-refractivity contribution in [2.45, 2.75) is 40.3 Å². The van der Waals surface area contributed by atoms with Crippen molar-refractivity contribution >= 4 is 0 Å². The molecule has 2 fully saturated rings. The standard InChI is InChI=1S/C24H30O4/c1-23(2)13-25-21(26-14-23)19-9-5-17(6-10-19)18-7-11-20(12-8-18)22-27-15-24(3,4)16-28-22/h5-12,21-22H,13-16H2,1-4H3. The molecule has 4 nitrogen and oxygen atoms in total. The van der Waals surface area contributed by atoms with Crippen molar-refractivity contribution in [3.8, 4) is 11.1 Å². The van der Waals surface area contributed by atoms with Crippen molar-refractivity contribution in [1.29, 1.82) is 0 Å². The summed E-state index contributed by atoms with van der Waals surface area (Å²) in [5, 5.41) is 0. The van der Waals surface area contributed by atoms with Gasteiger partial charge < -0.3 is 18.9 Å². The van der Waals surface area contributed by atoms with Gasteiger partial charge in [0.15, 0.2) is 12.6 Å². The zero-order valence-corrected chi connectivity index (χ0v) is 17.2. The van der Waals surface area contributed by atoms with E-state index in [0.717, 1.165) is 22.3 Å². The van der Waals surface area contributed by atoms with Gasteiger partial charge in [0, 0.05) is 22.0 Å². The van der Waals surface area contributed by atoms with Gasteiger partial charge in [-0.3, -0.25) is 0 Å². The summed E-state index contributed by atoms with van der Waals surface area (Å²) in [6, 6.07) is 16.8. The maximum absolute atomic E-state index is 5.87. The lowest BCUT2D eigenvalue weighted by Gasteiger charge is -2.34. The number of rotatable bonds is 3. The van der Waals surface area contributed by atoms with E-state index in [1.54, 1.807) is 0 Å². The van der Waals surface area contributed by atoms with Crippen LogP contribution in [0, 0.1) is 10.8 Å². The summed E-state index contributed by atoms with van der Waals surface area (Å²) >= 11 is 0. The molecule has 2 heterocycles. The molecule has 0 amide bonds. The van der Waals surface area contributed by atoms with E-state index in [4.69, 9.17) is 18.9 Å². The fourth-order valence-electron chi connectivity index (χ4n) is 3.43. The molecule has 2 saturated heterocycles. The Balaban J connectivity index is 1.41.